The number of allylic oxidation sites excluding steroid dienone is 1. The molecule has 0 fully saturated rings. The number of carbonyl (C=O) groups is 1. The van der Waals surface area contributed by atoms with Crippen LogP contribution in [0.15, 0.2) is 89.8 Å². The van der Waals surface area contributed by atoms with E-state index in [-0.39, 0.29) is 23.1 Å². The van der Waals surface area contributed by atoms with Crippen LogP contribution < -0.4 is 0 Å². The van der Waals surface area contributed by atoms with Crippen LogP contribution in [0, 0.1) is 12.7 Å². The van der Waals surface area contributed by atoms with E-state index >= 15 is 0 Å². The van der Waals surface area contributed by atoms with E-state index in [0.717, 1.165) is 15.4 Å². The Morgan fingerprint density at radius 3 is 2.17 bits per heavy atom. The van der Waals surface area contributed by atoms with Crippen molar-refractivity contribution in [3.05, 3.63) is 107 Å². The monoisotopic (exact) mass is 421 g/mol. The second-order valence-corrected chi connectivity index (χ2v) is 9.04. The van der Waals surface area contributed by atoms with Gasteiger partial charge in [-0.2, -0.15) is 0 Å². The topological polar surface area (TPSA) is 54.5 Å². The van der Waals surface area contributed by atoms with Gasteiger partial charge in [-0.25, -0.2) is 17.1 Å². The lowest BCUT2D eigenvalue weighted by Gasteiger charge is -2.32. The first-order valence-corrected chi connectivity index (χ1v) is 11.0. The zero-order valence-electron chi connectivity index (χ0n) is 16.3. The maximum absolute atomic E-state index is 13.4. The first-order chi connectivity index (χ1) is 14.4. The molecule has 0 N–H and O–H groups in total. The smallest absolute Gasteiger partial charge is 0.270 e. The van der Waals surface area contributed by atoms with E-state index in [9.17, 15) is 17.6 Å². The van der Waals surface area contributed by atoms with E-state index in [1.807, 2.05) is 13.0 Å². The molecule has 1 aliphatic heterocycles. The number of amides is 1. The summed E-state index contributed by atoms with van der Waals surface area (Å²) in [5, 5.41) is 0. The molecule has 0 aromatic heterocycles. The van der Waals surface area contributed by atoms with Gasteiger partial charge in [-0.05, 0) is 42.3 Å². The molecule has 1 amide bonds. The van der Waals surface area contributed by atoms with Gasteiger partial charge in [-0.15, -0.1) is 0 Å². The maximum Gasteiger partial charge on any atom is 0.270 e. The Bertz CT molecular complexity index is 1200. The summed E-state index contributed by atoms with van der Waals surface area (Å²) in [5.41, 5.74) is 2.61. The molecule has 152 valence electrons. The number of rotatable bonds is 4. The van der Waals surface area contributed by atoms with Crippen molar-refractivity contribution < 1.29 is 17.6 Å². The average Bonchev–Trinajstić information content (AvgIpc) is 2.74. The fourth-order valence-electron chi connectivity index (χ4n) is 3.55. The Labute approximate surface area is 175 Å². The molecular formula is C24H20FNO3S. The Hall–Kier alpha value is -3.25. The second-order valence-electron chi connectivity index (χ2n) is 7.26. The van der Waals surface area contributed by atoms with Gasteiger partial charge < -0.3 is 0 Å². The van der Waals surface area contributed by atoms with Gasteiger partial charge in [0.15, 0.2) is 0 Å². The summed E-state index contributed by atoms with van der Waals surface area (Å²) in [6.07, 6.45) is 1.75. The summed E-state index contributed by atoms with van der Waals surface area (Å²) in [7, 11) is -4.08. The molecule has 1 heterocycles. The molecule has 4 nitrogen and oxygen atoms in total. The van der Waals surface area contributed by atoms with Crippen LogP contribution in [0.3, 0.4) is 0 Å². The van der Waals surface area contributed by atoms with Gasteiger partial charge in [0.05, 0.1) is 10.6 Å². The molecule has 1 aliphatic rings. The second kappa shape index (κ2) is 7.88. The number of benzene rings is 3. The molecule has 0 saturated heterocycles. The average molecular weight is 421 g/mol. The molecule has 0 saturated carbocycles. The van der Waals surface area contributed by atoms with Crippen molar-refractivity contribution in [1.29, 1.82) is 0 Å². The van der Waals surface area contributed by atoms with Crippen molar-refractivity contribution in [1.82, 2.24) is 4.31 Å². The largest absolute Gasteiger partial charge is 0.273 e. The highest BCUT2D eigenvalue weighted by atomic mass is 32.2. The predicted molar refractivity (Wildman–Crippen MR) is 113 cm³/mol. The molecule has 0 aliphatic carbocycles. The van der Waals surface area contributed by atoms with Crippen molar-refractivity contribution in [2.45, 2.75) is 24.2 Å². The number of sulfonamides is 1. The van der Waals surface area contributed by atoms with Crippen LogP contribution in [0.4, 0.5) is 4.39 Å². The van der Waals surface area contributed by atoms with Crippen LogP contribution in [-0.2, 0) is 14.8 Å². The predicted octanol–water partition coefficient (Wildman–Crippen LogP) is 4.88. The summed E-state index contributed by atoms with van der Waals surface area (Å²) in [5.74, 6) is -1.24. The lowest BCUT2D eigenvalue weighted by atomic mass is 9.90. The molecule has 0 spiro atoms. The molecule has 30 heavy (non-hydrogen) atoms. The van der Waals surface area contributed by atoms with Crippen LogP contribution in [-0.4, -0.2) is 18.6 Å². The van der Waals surface area contributed by atoms with E-state index in [4.69, 9.17) is 0 Å². The minimum absolute atomic E-state index is 0.0208. The molecule has 4 rings (SSSR count). The fourth-order valence-corrected chi connectivity index (χ4v) is 5.01. The fraction of sp³-hybridized carbons (Fsp3) is 0.125. The Morgan fingerprint density at radius 1 is 0.900 bits per heavy atom. The number of aryl methyl sites for hydroxylation is 1. The van der Waals surface area contributed by atoms with Crippen LogP contribution in [0.2, 0.25) is 0 Å². The normalized spacial score (nSPS) is 17.0. The number of halogens is 1. The van der Waals surface area contributed by atoms with Gasteiger partial charge in [0.2, 0.25) is 5.91 Å². The minimum atomic E-state index is -4.08. The summed E-state index contributed by atoms with van der Waals surface area (Å²) in [6, 6.07) is 21.3. The molecule has 6 heteroatoms. The van der Waals surface area contributed by atoms with Crippen molar-refractivity contribution in [2.75, 3.05) is 0 Å². The number of carbonyl (C=O) groups excluding carboxylic acids is 1. The molecule has 1 atom stereocenters. The standard InChI is InChI=1S/C24H20FNO3S/c1-17-7-13-22(14-8-17)30(28,29)26-23(19-5-3-2-4-6-19)15-20(16-24(26)27)18-9-11-21(25)12-10-18/h2-15,20H,16H2,1H3/t20-/m1/s1. The highest BCUT2D eigenvalue weighted by Crippen LogP contribution is 2.37. The first-order valence-electron chi connectivity index (χ1n) is 9.54. The van der Waals surface area contributed by atoms with Gasteiger partial charge in [-0.3, -0.25) is 4.79 Å². The third kappa shape index (κ3) is 3.78. The molecule has 0 unspecified atom stereocenters. The third-order valence-electron chi connectivity index (χ3n) is 5.13. The molecular weight excluding hydrogens is 401 g/mol. The number of nitrogens with zero attached hydrogens (tertiary/aromatic N) is 1. The quantitative estimate of drug-likeness (QED) is 0.603. The minimum Gasteiger partial charge on any atom is -0.273 e. The van der Waals surface area contributed by atoms with Crippen molar-refractivity contribution >= 4 is 21.6 Å². The Kier molecular flexibility index (Phi) is 5.26. The molecule has 3 aromatic carbocycles. The lowest BCUT2D eigenvalue weighted by Crippen LogP contribution is -2.39. The van der Waals surface area contributed by atoms with E-state index in [1.165, 1.54) is 24.3 Å². The van der Waals surface area contributed by atoms with Crippen LogP contribution in [0.5, 0.6) is 0 Å². The van der Waals surface area contributed by atoms with Gasteiger partial charge >= 0.3 is 0 Å². The first kappa shape index (κ1) is 20.0. The van der Waals surface area contributed by atoms with E-state index in [2.05, 4.69) is 0 Å². The summed E-state index contributed by atoms with van der Waals surface area (Å²) in [6.45, 7) is 1.87. The van der Waals surface area contributed by atoms with Crippen molar-refractivity contribution in [3.63, 3.8) is 0 Å². The van der Waals surface area contributed by atoms with Gasteiger partial charge in [0, 0.05) is 12.3 Å². The van der Waals surface area contributed by atoms with Crippen LogP contribution >= 0.6 is 0 Å². The van der Waals surface area contributed by atoms with Gasteiger partial charge in [0.1, 0.15) is 5.82 Å². The van der Waals surface area contributed by atoms with Crippen LogP contribution in [0.1, 0.15) is 29.0 Å². The zero-order chi connectivity index (χ0) is 21.3. The van der Waals surface area contributed by atoms with E-state index in [1.54, 1.807) is 54.6 Å². The van der Waals surface area contributed by atoms with E-state index < -0.39 is 15.9 Å². The third-order valence-corrected chi connectivity index (χ3v) is 6.87. The summed E-state index contributed by atoms with van der Waals surface area (Å²) >= 11 is 0. The van der Waals surface area contributed by atoms with Gasteiger partial charge in [0.25, 0.3) is 10.0 Å². The van der Waals surface area contributed by atoms with E-state index in [0.29, 0.717) is 11.3 Å². The number of hydrogen-bond donors (Lipinski definition) is 0. The molecule has 0 radical (unpaired) electrons. The highest BCUT2D eigenvalue weighted by Gasteiger charge is 2.37. The summed E-state index contributed by atoms with van der Waals surface area (Å²) in [4.78, 5) is 13.2. The van der Waals surface area contributed by atoms with Crippen molar-refractivity contribution in [2.24, 2.45) is 0 Å². The lowest BCUT2D eigenvalue weighted by molar-refractivity contribution is -0.124. The Morgan fingerprint density at radius 2 is 1.53 bits per heavy atom. The number of hydrogen-bond acceptors (Lipinski definition) is 3. The molecule has 3 aromatic rings. The maximum atomic E-state index is 13.4. The van der Waals surface area contributed by atoms with Crippen LogP contribution in [0.25, 0.3) is 5.70 Å². The molecule has 0 bridgehead atoms. The summed E-state index contributed by atoms with van der Waals surface area (Å²) < 4.78 is 41.0. The SMILES string of the molecule is Cc1ccc(S(=O)(=O)N2C(=O)C[C@H](c3ccc(F)cc3)C=C2c2ccccc2)cc1. The highest BCUT2D eigenvalue weighted by molar-refractivity contribution is 7.90. The van der Waals surface area contributed by atoms with Gasteiger partial charge in [-0.1, -0.05) is 66.2 Å². The van der Waals surface area contributed by atoms with Crippen molar-refractivity contribution in [3.8, 4) is 0 Å². The zero-order valence-corrected chi connectivity index (χ0v) is 17.1. The Balaban J connectivity index is 1.85.